The number of nitrogens with zero attached hydrogens (tertiary/aromatic N) is 2. The molecule has 0 radical (unpaired) electrons. The first kappa shape index (κ1) is 18.3. The smallest absolute Gasteiger partial charge is 0.243 e. The van der Waals surface area contributed by atoms with Crippen molar-refractivity contribution in [3.8, 4) is 11.3 Å². The van der Waals surface area contributed by atoms with Gasteiger partial charge in [0.05, 0.1) is 23.8 Å². The molecule has 1 aliphatic heterocycles. The van der Waals surface area contributed by atoms with Crippen LogP contribution < -0.4 is 5.32 Å². The van der Waals surface area contributed by atoms with Crippen LogP contribution in [-0.4, -0.2) is 49.5 Å². The largest absolute Gasteiger partial charge is 0.379 e. The number of thiazole rings is 1. The van der Waals surface area contributed by atoms with Crippen molar-refractivity contribution in [2.45, 2.75) is 31.2 Å². The number of hydrogen-bond donors (Lipinski definition) is 1. The summed E-state index contributed by atoms with van der Waals surface area (Å²) in [4.78, 5) is 4.89. The number of hydrogen-bond acceptors (Lipinski definition) is 6. The van der Waals surface area contributed by atoms with E-state index < -0.39 is 10.0 Å². The molecule has 1 aromatic heterocycles. The SMILES string of the molecule is CC(C)(C)Nc1nc(-c2ccc(S(=O)(=O)N3CCOCC3)cc2)cs1. The van der Waals surface area contributed by atoms with Gasteiger partial charge in [-0.05, 0) is 32.9 Å². The molecule has 1 aromatic carbocycles. The van der Waals surface area contributed by atoms with Gasteiger partial charge in [-0.3, -0.25) is 0 Å². The second kappa shape index (κ2) is 7.03. The summed E-state index contributed by atoms with van der Waals surface area (Å²) in [6.07, 6.45) is 0. The lowest BCUT2D eigenvalue weighted by molar-refractivity contribution is 0.0730. The van der Waals surface area contributed by atoms with Crippen LogP contribution in [0, 0.1) is 0 Å². The summed E-state index contributed by atoms with van der Waals surface area (Å²) in [5.74, 6) is 0. The van der Waals surface area contributed by atoms with Crippen molar-refractivity contribution in [2.75, 3.05) is 31.6 Å². The third-order valence-corrected chi connectivity index (χ3v) is 6.41. The maximum Gasteiger partial charge on any atom is 0.243 e. The van der Waals surface area contributed by atoms with Crippen molar-refractivity contribution in [3.05, 3.63) is 29.6 Å². The van der Waals surface area contributed by atoms with Crippen molar-refractivity contribution >= 4 is 26.5 Å². The van der Waals surface area contributed by atoms with E-state index in [0.29, 0.717) is 31.2 Å². The van der Waals surface area contributed by atoms with Crippen LogP contribution >= 0.6 is 11.3 Å². The number of benzene rings is 1. The molecule has 2 aromatic rings. The van der Waals surface area contributed by atoms with E-state index >= 15 is 0 Å². The minimum Gasteiger partial charge on any atom is -0.379 e. The molecule has 0 atom stereocenters. The zero-order valence-electron chi connectivity index (χ0n) is 14.7. The first-order chi connectivity index (χ1) is 11.8. The zero-order chi connectivity index (χ0) is 18.1. The minimum absolute atomic E-state index is 0.0504. The molecule has 1 aliphatic rings. The summed E-state index contributed by atoms with van der Waals surface area (Å²) < 4.78 is 32.0. The third kappa shape index (κ3) is 4.38. The van der Waals surface area contributed by atoms with E-state index in [4.69, 9.17) is 4.74 Å². The first-order valence-corrected chi connectivity index (χ1v) is 10.5. The number of aromatic nitrogens is 1. The molecule has 136 valence electrons. The quantitative estimate of drug-likeness (QED) is 0.881. The second-order valence-corrected chi connectivity index (χ2v) is 9.75. The number of ether oxygens (including phenoxy) is 1. The highest BCUT2D eigenvalue weighted by Gasteiger charge is 2.26. The maximum absolute atomic E-state index is 12.6. The predicted molar refractivity (Wildman–Crippen MR) is 101 cm³/mol. The number of sulfonamides is 1. The van der Waals surface area contributed by atoms with E-state index in [9.17, 15) is 8.42 Å². The third-order valence-electron chi connectivity index (χ3n) is 3.74. The Bertz CT molecular complexity index is 818. The normalized spacial score (nSPS) is 16.8. The Morgan fingerprint density at radius 1 is 1.16 bits per heavy atom. The zero-order valence-corrected chi connectivity index (χ0v) is 16.3. The van der Waals surface area contributed by atoms with Crippen molar-refractivity contribution in [3.63, 3.8) is 0 Å². The lowest BCUT2D eigenvalue weighted by Crippen LogP contribution is -2.40. The molecular formula is C17H23N3O3S2. The summed E-state index contributed by atoms with van der Waals surface area (Å²) in [5.41, 5.74) is 1.69. The lowest BCUT2D eigenvalue weighted by Gasteiger charge is -2.26. The standard InChI is InChI=1S/C17H23N3O3S2/c1-17(2,3)19-16-18-15(12-24-16)13-4-6-14(7-5-13)25(21,22)20-8-10-23-11-9-20/h4-7,12H,8-11H2,1-3H3,(H,18,19). The van der Waals surface area contributed by atoms with Crippen LogP contribution in [0.4, 0.5) is 5.13 Å². The van der Waals surface area contributed by atoms with Crippen molar-refractivity contribution in [2.24, 2.45) is 0 Å². The van der Waals surface area contributed by atoms with Gasteiger partial charge in [0.15, 0.2) is 5.13 Å². The molecule has 8 heteroatoms. The number of rotatable bonds is 4. The molecule has 0 unspecified atom stereocenters. The van der Waals surface area contributed by atoms with Crippen LogP contribution in [0.5, 0.6) is 0 Å². The molecule has 2 heterocycles. The Kier molecular flexibility index (Phi) is 5.15. The summed E-state index contributed by atoms with van der Waals surface area (Å²) >= 11 is 1.54. The molecule has 1 N–H and O–H groups in total. The van der Waals surface area contributed by atoms with E-state index in [1.165, 1.54) is 4.31 Å². The van der Waals surface area contributed by atoms with Crippen LogP contribution in [0.1, 0.15) is 20.8 Å². The minimum atomic E-state index is -3.46. The highest BCUT2D eigenvalue weighted by atomic mass is 32.2. The fourth-order valence-corrected chi connectivity index (χ4v) is 4.85. The Morgan fingerprint density at radius 3 is 2.40 bits per heavy atom. The van der Waals surface area contributed by atoms with Crippen LogP contribution in [0.15, 0.2) is 34.5 Å². The van der Waals surface area contributed by atoms with Gasteiger partial charge in [0, 0.05) is 29.6 Å². The van der Waals surface area contributed by atoms with Crippen molar-refractivity contribution in [1.29, 1.82) is 0 Å². The molecule has 6 nitrogen and oxygen atoms in total. The molecule has 0 spiro atoms. The first-order valence-electron chi connectivity index (χ1n) is 8.18. The molecule has 1 saturated heterocycles. The number of anilines is 1. The van der Waals surface area contributed by atoms with E-state index in [1.54, 1.807) is 23.5 Å². The van der Waals surface area contributed by atoms with E-state index in [-0.39, 0.29) is 5.54 Å². The fourth-order valence-electron chi connectivity index (χ4n) is 2.52. The summed E-state index contributed by atoms with van der Waals surface area (Å²) in [7, 11) is -3.46. The van der Waals surface area contributed by atoms with Gasteiger partial charge in [-0.1, -0.05) is 12.1 Å². The van der Waals surface area contributed by atoms with E-state index in [2.05, 4.69) is 31.1 Å². The van der Waals surface area contributed by atoms with Gasteiger partial charge in [-0.2, -0.15) is 4.31 Å². The van der Waals surface area contributed by atoms with Crippen molar-refractivity contribution in [1.82, 2.24) is 9.29 Å². The lowest BCUT2D eigenvalue weighted by atomic mass is 10.1. The van der Waals surface area contributed by atoms with Gasteiger partial charge in [-0.15, -0.1) is 11.3 Å². The number of morpholine rings is 1. The van der Waals surface area contributed by atoms with Crippen LogP contribution in [0.25, 0.3) is 11.3 Å². The number of nitrogens with one attached hydrogen (secondary N) is 1. The molecule has 1 fully saturated rings. The van der Waals surface area contributed by atoms with Gasteiger partial charge in [0.25, 0.3) is 0 Å². The maximum atomic E-state index is 12.6. The molecule has 0 saturated carbocycles. The molecule has 0 bridgehead atoms. The Labute approximate surface area is 152 Å². The average molecular weight is 382 g/mol. The van der Waals surface area contributed by atoms with Gasteiger partial charge in [0.2, 0.25) is 10.0 Å². The second-order valence-electron chi connectivity index (χ2n) is 6.95. The van der Waals surface area contributed by atoms with Gasteiger partial charge < -0.3 is 10.1 Å². The topological polar surface area (TPSA) is 71.5 Å². The average Bonchev–Trinajstić information content (AvgIpc) is 3.02. The van der Waals surface area contributed by atoms with E-state index in [0.717, 1.165) is 16.4 Å². The predicted octanol–water partition coefficient (Wildman–Crippen LogP) is 3.04. The van der Waals surface area contributed by atoms with Gasteiger partial charge >= 0.3 is 0 Å². The summed E-state index contributed by atoms with van der Waals surface area (Å²) in [5, 5.41) is 6.17. The van der Waals surface area contributed by atoms with Crippen LogP contribution in [-0.2, 0) is 14.8 Å². The molecule has 3 rings (SSSR count). The van der Waals surface area contributed by atoms with Crippen LogP contribution in [0.2, 0.25) is 0 Å². The molecular weight excluding hydrogens is 358 g/mol. The summed E-state index contributed by atoms with van der Waals surface area (Å²) in [6.45, 7) is 7.94. The monoisotopic (exact) mass is 381 g/mol. The van der Waals surface area contributed by atoms with Gasteiger partial charge in [0.1, 0.15) is 0 Å². The summed E-state index contributed by atoms with van der Waals surface area (Å²) in [6, 6.07) is 6.92. The molecule has 0 amide bonds. The Balaban J connectivity index is 1.78. The Morgan fingerprint density at radius 2 is 1.80 bits per heavy atom. The van der Waals surface area contributed by atoms with E-state index in [1.807, 2.05) is 17.5 Å². The van der Waals surface area contributed by atoms with Gasteiger partial charge in [-0.25, -0.2) is 13.4 Å². The fraction of sp³-hybridized carbons (Fsp3) is 0.471. The highest BCUT2D eigenvalue weighted by Crippen LogP contribution is 2.28. The molecule has 0 aliphatic carbocycles. The highest BCUT2D eigenvalue weighted by molar-refractivity contribution is 7.89. The molecule has 25 heavy (non-hydrogen) atoms. The van der Waals surface area contributed by atoms with Crippen molar-refractivity contribution < 1.29 is 13.2 Å². The Hall–Kier alpha value is -1.48. The van der Waals surface area contributed by atoms with Crippen LogP contribution in [0.3, 0.4) is 0 Å².